The lowest BCUT2D eigenvalue weighted by Crippen LogP contribution is -1.92. The molecular formula is C25H22N2. The first-order valence-corrected chi connectivity index (χ1v) is 9.44. The third kappa shape index (κ3) is 3.78. The molecule has 0 bridgehead atoms. The Balaban J connectivity index is 1.74. The number of aryl methyl sites for hydroxylation is 3. The highest BCUT2D eigenvalue weighted by atomic mass is 15.0. The van der Waals surface area contributed by atoms with Crippen molar-refractivity contribution >= 4 is 10.9 Å². The van der Waals surface area contributed by atoms with Crippen molar-refractivity contribution in [3.8, 4) is 11.8 Å². The summed E-state index contributed by atoms with van der Waals surface area (Å²) >= 11 is 0. The maximum Gasteiger partial charge on any atom is 0.0625 e. The second kappa shape index (κ2) is 7.93. The van der Waals surface area contributed by atoms with Crippen LogP contribution >= 0.6 is 0 Å². The van der Waals surface area contributed by atoms with E-state index in [0.717, 1.165) is 19.3 Å². The van der Waals surface area contributed by atoms with Crippen molar-refractivity contribution in [1.82, 2.24) is 4.57 Å². The van der Waals surface area contributed by atoms with Gasteiger partial charge in [0.1, 0.15) is 0 Å². The van der Waals surface area contributed by atoms with Gasteiger partial charge in [-0.05, 0) is 60.2 Å². The first-order valence-electron chi connectivity index (χ1n) is 9.44. The van der Waals surface area contributed by atoms with Crippen molar-refractivity contribution < 1.29 is 0 Å². The molecule has 4 rings (SSSR count). The van der Waals surface area contributed by atoms with Gasteiger partial charge in [-0.1, -0.05) is 54.6 Å². The predicted molar refractivity (Wildman–Crippen MR) is 111 cm³/mol. The summed E-state index contributed by atoms with van der Waals surface area (Å²) in [5.41, 5.74) is 6.36. The molecule has 0 aliphatic carbocycles. The molecule has 0 N–H and O–H groups in total. The third-order valence-electron chi connectivity index (χ3n) is 5.04. The Kier molecular flexibility index (Phi) is 5.03. The first kappa shape index (κ1) is 17.1. The second-order valence-corrected chi connectivity index (χ2v) is 6.86. The summed E-state index contributed by atoms with van der Waals surface area (Å²) in [4.78, 5) is 0. The van der Waals surface area contributed by atoms with Crippen LogP contribution in [0.4, 0.5) is 0 Å². The Morgan fingerprint density at radius 1 is 0.741 bits per heavy atom. The van der Waals surface area contributed by atoms with Gasteiger partial charge in [0, 0.05) is 23.7 Å². The van der Waals surface area contributed by atoms with Gasteiger partial charge in [-0.25, -0.2) is 0 Å². The minimum Gasteiger partial charge on any atom is -0.316 e. The Labute approximate surface area is 160 Å². The van der Waals surface area contributed by atoms with Crippen molar-refractivity contribution in [2.45, 2.75) is 25.7 Å². The molecule has 0 fully saturated rings. The van der Waals surface area contributed by atoms with E-state index in [-0.39, 0.29) is 0 Å². The molecule has 2 heteroatoms. The van der Waals surface area contributed by atoms with Gasteiger partial charge >= 0.3 is 0 Å². The van der Waals surface area contributed by atoms with Crippen LogP contribution in [-0.4, -0.2) is 4.57 Å². The summed E-state index contributed by atoms with van der Waals surface area (Å²) in [7, 11) is 0. The monoisotopic (exact) mass is 350 g/mol. The number of nitriles is 1. The number of hydrogen-bond donors (Lipinski definition) is 0. The van der Waals surface area contributed by atoms with Crippen LogP contribution in [0, 0.1) is 11.3 Å². The molecular weight excluding hydrogens is 328 g/mol. The lowest BCUT2D eigenvalue weighted by Gasteiger charge is -2.05. The Bertz CT molecular complexity index is 1070. The quantitative estimate of drug-likeness (QED) is 0.427. The fourth-order valence-corrected chi connectivity index (χ4v) is 3.63. The van der Waals surface area contributed by atoms with Gasteiger partial charge in [-0.15, -0.1) is 0 Å². The van der Waals surface area contributed by atoms with Gasteiger partial charge in [0.2, 0.25) is 0 Å². The molecule has 27 heavy (non-hydrogen) atoms. The average molecular weight is 350 g/mol. The Morgan fingerprint density at radius 3 is 2.22 bits per heavy atom. The number of hydrogen-bond acceptors (Lipinski definition) is 1. The minimum absolute atomic E-state index is 0.560. The maximum atomic E-state index is 8.90. The number of aromatic nitrogens is 1. The van der Waals surface area contributed by atoms with Crippen LogP contribution in [0.2, 0.25) is 0 Å². The molecule has 132 valence electrons. The van der Waals surface area contributed by atoms with Crippen LogP contribution in [0.1, 0.15) is 23.1 Å². The normalized spacial score (nSPS) is 10.8. The second-order valence-electron chi connectivity index (χ2n) is 6.86. The van der Waals surface area contributed by atoms with E-state index in [1.54, 1.807) is 0 Å². The van der Waals surface area contributed by atoms with Gasteiger partial charge in [0.15, 0.2) is 0 Å². The number of nitrogens with zero attached hydrogens (tertiary/aromatic N) is 2. The van der Waals surface area contributed by atoms with Gasteiger partial charge in [-0.2, -0.15) is 5.26 Å². The molecule has 0 amide bonds. The zero-order valence-electron chi connectivity index (χ0n) is 15.3. The zero-order valence-corrected chi connectivity index (χ0v) is 15.3. The van der Waals surface area contributed by atoms with Crippen LogP contribution < -0.4 is 0 Å². The number of fused-ring (bicyclic) bond motifs is 1. The summed E-state index contributed by atoms with van der Waals surface area (Å²) in [5.74, 6) is 0. The highest BCUT2D eigenvalue weighted by Crippen LogP contribution is 2.27. The molecule has 0 saturated heterocycles. The molecule has 0 aliphatic rings. The largest absolute Gasteiger partial charge is 0.316 e. The van der Waals surface area contributed by atoms with E-state index in [0.29, 0.717) is 6.42 Å². The summed E-state index contributed by atoms with van der Waals surface area (Å²) in [6, 6.07) is 30.0. The fraction of sp³-hybridized carbons (Fsp3) is 0.160. The molecule has 0 unspecified atom stereocenters. The minimum atomic E-state index is 0.560. The van der Waals surface area contributed by atoms with E-state index in [9.17, 15) is 0 Å². The van der Waals surface area contributed by atoms with Crippen molar-refractivity contribution in [1.29, 1.82) is 5.26 Å². The van der Waals surface area contributed by atoms with E-state index in [4.69, 9.17) is 5.26 Å². The average Bonchev–Trinajstić information content (AvgIpc) is 3.10. The number of para-hydroxylation sites is 1. The SMILES string of the molecule is N#CCCc1ccc2c(c1)c(CCc1ccccc1)cn2-c1ccccc1. The summed E-state index contributed by atoms with van der Waals surface area (Å²) < 4.78 is 2.28. The molecule has 1 heterocycles. The van der Waals surface area contributed by atoms with Gasteiger partial charge < -0.3 is 4.57 Å². The molecule has 0 atom stereocenters. The van der Waals surface area contributed by atoms with E-state index in [1.165, 1.54) is 33.3 Å². The molecule has 0 spiro atoms. The Morgan fingerprint density at radius 2 is 1.48 bits per heavy atom. The smallest absolute Gasteiger partial charge is 0.0625 e. The number of rotatable bonds is 6. The third-order valence-corrected chi connectivity index (χ3v) is 5.04. The zero-order chi connectivity index (χ0) is 18.5. The van der Waals surface area contributed by atoms with Crippen molar-refractivity contribution in [2.24, 2.45) is 0 Å². The molecule has 0 saturated carbocycles. The van der Waals surface area contributed by atoms with Crippen molar-refractivity contribution in [2.75, 3.05) is 0 Å². The number of benzene rings is 3. The Hall–Kier alpha value is -3.31. The topological polar surface area (TPSA) is 28.7 Å². The summed E-state index contributed by atoms with van der Waals surface area (Å²) in [6.45, 7) is 0. The standard InChI is InChI=1S/C25H22N2/c26-17-7-10-21-14-16-25-24(18-21)22(15-13-20-8-3-1-4-9-20)19-27(25)23-11-5-2-6-12-23/h1-6,8-9,11-12,14,16,18-19H,7,10,13,15H2. The van der Waals surface area contributed by atoms with Crippen LogP contribution in [0.3, 0.4) is 0 Å². The van der Waals surface area contributed by atoms with Gasteiger partial charge in [-0.3, -0.25) is 0 Å². The molecule has 0 aliphatic heterocycles. The van der Waals surface area contributed by atoms with E-state index in [2.05, 4.69) is 89.6 Å². The van der Waals surface area contributed by atoms with Crippen molar-refractivity contribution in [3.63, 3.8) is 0 Å². The summed E-state index contributed by atoms with van der Waals surface area (Å²) in [5, 5.41) is 10.2. The first-order chi connectivity index (χ1) is 13.3. The van der Waals surface area contributed by atoms with E-state index in [1.807, 2.05) is 6.07 Å². The molecule has 3 aromatic carbocycles. The maximum absolute atomic E-state index is 8.90. The lowest BCUT2D eigenvalue weighted by molar-refractivity contribution is 0.958. The highest BCUT2D eigenvalue weighted by Gasteiger charge is 2.11. The molecule has 4 aromatic rings. The van der Waals surface area contributed by atoms with E-state index >= 15 is 0 Å². The molecule has 1 aromatic heterocycles. The van der Waals surface area contributed by atoms with Crippen LogP contribution in [0.5, 0.6) is 0 Å². The molecule has 2 nitrogen and oxygen atoms in total. The van der Waals surface area contributed by atoms with Gasteiger partial charge in [0.05, 0.1) is 11.6 Å². The van der Waals surface area contributed by atoms with Crippen molar-refractivity contribution in [3.05, 3.63) is 102 Å². The predicted octanol–water partition coefficient (Wildman–Crippen LogP) is 5.87. The van der Waals surface area contributed by atoms with Crippen LogP contribution in [0.15, 0.2) is 85.1 Å². The molecule has 0 radical (unpaired) electrons. The van der Waals surface area contributed by atoms with Gasteiger partial charge in [0.25, 0.3) is 0 Å². The highest BCUT2D eigenvalue weighted by molar-refractivity contribution is 5.86. The lowest BCUT2D eigenvalue weighted by atomic mass is 10.0. The van der Waals surface area contributed by atoms with Crippen LogP contribution in [0.25, 0.3) is 16.6 Å². The van der Waals surface area contributed by atoms with Crippen LogP contribution in [-0.2, 0) is 19.3 Å². The summed E-state index contributed by atoms with van der Waals surface area (Å²) in [6.07, 6.45) is 5.67. The fourth-order valence-electron chi connectivity index (χ4n) is 3.63. The van der Waals surface area contributed by atoms with E-state index < -0.39 is 0 Å².